The second kappa shape index (κ2) is 10.6. The molecule has 29 heavy (non-hydrogen) atoms. The van der Waals surface area contributed by atoms with Crippen molar-refractivity contribution in [1.29, 1.82) is 0 Å². The molecule has 0 spiro atoms. The maximum atomic E-state index is 6.05. The molecule has 0 fully saturated rings. The van der Waals surface area contributed by atoms with Gasteiger partial charge in [0.05, 0.1) is 12.6 Å². The van der Waals surface area contributed by atoms with E-state index >= 15 is 0 Å². The van der Waals surface area contributed by atoms with Gasteiger partial charge in [-0.15, -0.1) is 0 Å². The minimum atomic E-state index is 0.000153. The first-order valence-corrected chi connectivity index (χ1v) is 10.2. The van der Waals surface area contributed by atoms with Gasteiger partial charge in [0.2, 0.25) is 0 Å². The van der Waals surface area contributed by atoms with E-state index in [0.29, 0.717) is 6.54 Å². The number of hydrogen-bond donors (Lipinski definition) is 2. The van der Waals surface area contributed by atoms with Crippen LogP contribution in [0.15, 0.2) is 66.2 Å². The van der Waals surface area contributed by atoms with Crippen molar-refractivity contribution in [1.82, 2.24) is 25.4 Å². The van der Waals surface area contributed by atoms with Gasteiger partial charge in [-0.1, -0.05) is 23.7 Å². The van der Waals surface area contributed by atoms with E-state index in [0.717, 1.165) is 36.1 Å². The molecule has 152 valence electrons. The lowest BCUT2D eigenvalue weighted by Crippen LogP contribution is -2.38. The molecule has 0 saturated carbocycles. The highest BCUT2D eigenvalue weighted by Gasteiger charge is 2.14. The zero-order chi connectivity index (χ0) is 20.5. The van der Waals surface area contributed by atoms with E-state index in [9.17, 15) is 0 Å². The van der Waals surface area contributed by atoms with Crippen LogP contribution in [-0.2, 0) is 6.42 Å². The molecule has 3 aromatic rings. The van der Waals surface area contributed by atoms with Gasteiger partial charge in [0.1, 0.15) is 0 Å². The van der Waals surface area contributed by atoms with Crippen LogP contribution in [-0.4, -0.2) is 40.4 Å². The number of nitrogens with one attached hydrogen (secondary N) is 2. The van der Waals surface area contributed by atoms with Gasteiger partial charge in [0.15, 0.2) is 5.96 Å². The highest BCUT2D eigenvalue weighted by atomic mass is 35.5. The number of aliphatic imine (C=N–C) groups is 1. The first-order chi connectivity index (χ1) is 14.2. The molecular weight excluding hydrogens is 384 g/mol. The number of rotatable bonds is 8. The Morgan fingerprint density at radius 1 is 1.17 bits per heavy atom. The smallest absolute Gasteiger partial charge is 0.191 e. The van der Waals surface area contributed by atoms with Crippen LogP contribution < -0.4 is 10.6 Å². The van der Waals surface area contributed by atoms with Gasteiger partial charge in [-0.25, -0.2) is 0 Å². The summed E-state index contributed by atoms with van der Waals surface area (Å²) in [6.45, 7) is 6.31. The van der Waals surface area contributed by atoms with Crippen LogP contribution in [0.25, 0.3) is 0 Å². The Bertz CT molecular complexity index is 905. The van der Waals surface area contributed by atoms with Crippen molar-refractivity contribution >= 4 is 17.6 Å². The lowest BCUT2D eigenvalue weighted by Gasteiger charge is -2.18. The minimum Gasteiger partial charge on any atom is -0.357 e. The predicted molar refractivity (Wildman–Crippen MR) is 118 cm³/mol. The third-order valence-electron chi connectivity index (χ3n) is 4.69. The van der Waals surface area contributed by atoms with Crippen LogP contribution >= 0.6 is 11.6 Å². The molecule has 0 aliphatic heterocycles. The first kappa shape index (κ1) is 20.9. The Morgan fingerprint density at radius 3 is 2.69 bits per heavy atom. The Balaban J connectivity index is 1.69. The largest absolute Gasteiger partial charge is 0.357 e. The molecule has 2 heterocycles. The van der Waals surface area contributed by atoms with Gasteiger partial charge in [0, 0.05) is 42.9 Å². The topological polar surface area (TPSA) is 67.1 Å². The van der Waals surface area contributed by atoms with E-state index < -0.39 is 0 Å². The summed E-state index contributed by atoms with van der Waals surface area (Å²) in [6, 6.07) is 11.8. The van der Waals surface area contributed by atoms with Crippen molar-refractivity contribution in [3.63, 3.8) is 0 Å². The number of aryl methyl sites for hydroxylation is 1. The summed E-state index contributed by atoms with van der Waals surface area (Å²) in [4.78, 5) is 8.96. The van der Waals surface area contributed by atoms with Gasteiger partial charge < -0.3 is 10.6 Å². The Labute approximate surface area is 177 Å². The molecule has 0 bridgehead atoms. The minimum absolute atomic E-state index is 0.000153. The third kappa shape index (κ3) is 6.06. The lowest BCUT2D eigenvalue weighted by atomic mass is 10.1. The molecule has 3 rings (SSSR count). The third-order valence-corrected chi connectivity index (χ3v) is 4.94. The van der Waals surface area contributed by atoms with Crippen LogP contribution in [0.3, 0.4) is 0 Å². The molecule has 0 radical (unpaired) electrons. The van der Waals surface area contributed by atoms with Gasteiger partial charge in [-0.05, 0) is 61.2 Å². The Hall–Kier alpha value is -2.86. The monoisotopic (exact) mass is 410 g/mol. The van der Waals surface area contributed by atoms with E-state index in [1.807, 2.05) is 53.6 Å². The van der Waals surface area contributed by atoms with Crippen molar-refractivity contribution in [3.05, 3.63) is 82.9 Å². The van der Waals surface area contributed by atoms with Crippen LogP contribution in [0.5, 0.6) is 0 Å². The number of halogens is 1. The molecule has 2 N–H and O–H groups in total. The number of hydrogen-bond acceptors (Lipinski definition) is 3. The van der Waals surface area contributed by atoms with E-state index in [4.69, 9.17) is 16.6 Å². The zero-order valence-electron chi connectivity index (χ0n) is 16.8. The predicted octanol–water partition coefficient (Wildman–Crippen LogP) is 3.63. The molecular formula is C22H27ClN6. The summed E-state index contributed by atoms with van der Waals surface area (Å²) in [7, 11) is 0. The average molecular weight is 411 g/mol. The van der Waals surface area contributed by atoms with Crippen LogP contribution in [0, 0.1) is 6.92 Å². The lowest BCUT2D eigenvalue weighted by molar-refractivity contribution is 0.531. The highest BCUT2D eigenvalue weighted by Crippen LogP contribution is 2.20. The summed E-state index contributed by atoms with van der Waals surface area (Å²) in [5, 5.41) is 11.9. The quantitative estimate of drug-likeness (QED) is 0.439. The second-order valence-electron chi connectivity index (χ2n) is 6.75. The molecule has 6 nitrogen and oxygen atoms in total. The van der Waals surface area contributed by atoms with Gasteiger partial charge in [-0.3, -0.25) is 14.7 Å². The molecule has 1 atom stereocenters. The second-order valence-corrected chi connectivity index (χ2v) is 7.19. The molecule has 0 saturated heterocycles. The zero-order valence-corrected chi connectivity index (χ0v) is 17.6. The molecule has 0 aliphatic carbocycles. The van der Waals surface area contributed by atoms with Crippen molar-refractivity contribution in [2.24, 2.45) is 4.99 Å². The summed E-state index contributed by atoms with van der Waals surface area (Å²) in [6.07, 6.45) is 8.39. The average Bonchev–Trinajstić information content (AvgIpc) is 3.25. The van der Waals surface area contributed by atoms with E-state index in [1.165, 1.54) is 11.1 Å². The van der Waals surface area contributed by atoms with Crippen LogP contribution in [0.1, 0.15) is 29.7 Å². The summed E-state index contributed by atoms with van der Waals surface area (Å²) in [5.41, 5.74) is 3.61. The first-order valence-electron chi connectivity index (χ1n) is 9.83. The fourth-order valence-corrected chi connectivity index (χ4v) is 3.24. The SMILES string of the molecule is CCNC(=NCC(c1ccc(Cl)cc1)n1cccn1)NCCc1ccncc1C. The number of benzene rings is 1. The summed E-state index contributed by atoms with van der Waals surface area (Å²) >= 11 is 6.05. The number of pyridine rings is 1. The van der Waals surface area contributed by atoms with Gasteiger partial charge in [0.25, 0.3) is 0 Å². The van der Waals surface area contributed by atoms with Crippen molar-refractivity contribution in [2.75, 3.05) is 19.6 Å². The summed E-state index contributed by atoms with van der Waals surface area (Å²) in [5.74, 6) is 0.797. The highest BCUT2D eigenvalue weighted by molar-refractivity contribution is 6.30. The van der Waals surface area contributed by atoms with E-state index in [1.54, 1.807) is 6.20 Å². The fourth-order valence-electron chi connectivity index (χ4n) is 3.11. The molecule has 1 aromatic carbocycles. The van der Waals surface area contributed by atoms with Crippen LogP contribution in [0.2, 0.25) is 5.02 Å². The van der Waals surface area contributed by atoms with Gasteiger partial charge >= 0.3 is 0 Å². The standard InChI is InChI=1S/C22H27ClN6/c1-3-25-22(26-13-10-18-9-12-24-15-17(18)2)27-16-21(29-14-4-11-28-29)19-5-7-20(23)8-6-19/h4-9,11-12,14-15,21H,3,10,13,16H2,1-2H3,(H2,25,26,27). The van der Waals surface area contributed by atoms with Crippen molar-refractivity contribution in [2.45, 2.75) is 26.3 Å². The van der Waals surface area contributed by atoms with E-state index in [-0.39, 0.29) is 6.04 Å². The molecule has 0 amide bonds. The van der Waals surface area contributed by atoms with Crippen LogP contribution in [0.4, 0.5) is 0 Å². The maximum absolute atomic E-state index is 6.05. The Kier molecular flexibility index (Phi) is 7.64. The fraction of sp³-hybridized carbons (Fsp3) is 0.318. The van der Waals surface area contributed by atoms with Crippen molar-refractivity contribution in [3.8, 4) is 0 Å². The number of nitrogens with zero attached hydrogens (tertiary/aromatic N) is 4. The Morgan fingerprint density at radius 2 is 2.00 bits per heavy atom. The molecule has 7 heteroatoms. The maximum Gasteiger partial charge on any atom is 0.191 e. The molecule has 1 unspecified atom stereocenters. The number of guanidine groups is 1. The number of aromatic nitrogens is 3. The molecule has 2 aromatic heterocycles. The molecule has 0 aliphatic rings. The van der Waals surface area contributed by atoms with E-state index in [2.05, 4.69) is 40.6 Å². The van der Waals surface area contributed by atoms with Gasteiger partial charge in [-0.2, -0.15) is 5.10 Å². The normalized spacial score (nSPS) is 12.6. The summed E-state index contributed by atoms with van der Waals surface area (Å²) < 4.78 is 1.93. The van der Waals surface area contributed by atoms with Crippen molar-refractivity contribution < 1.29 is 0 Å².